The van der Waals surface area contributed by atoms with Crippen molar-refractivity contribution in [3.8, 4) is 0 Å². The Bertz CT molecular complexity index is 557. The van der Waals surface area contributed by atoms with Crippen LogP contribution >= 0.6 is 0 Å². The van der Waals surface area contributed by atoms with Crippen molar-refractivity contribution in [1.82, 2.24) is 9.55 Å². The molecule has 118 valence electrons. The fourth-order valence-electron chi connectivity index (χ4n) is 2.82. The molecule has 2 unspecified atom stereocenters. The maximum absolute atomic E-state index is 12.5. The van der Waals surface area contributed by atoms with E-state index in [2.05, 4.69) is 24.1 Å². The smallest absolute Gasteiger partial charge is 0.293 e. The number of hydrogen-bond donors (Lipinski definition) is 1. The zero-order chi connectivity index (χ0) is 15.8. The van der Waals surface area contributed by atoms with Crippen molar-refractivity contribution in [1.29, 1.82) is 0 Å². The molecule has 1 N–H and O–H groups in total. The lowest BCUT2D eigenvalue weighted by Crippen LogP contribution is -2.58. The van der Waals surface area contributed by atoms with Gasteiger partial charge in [-0.3, -0.25) is 4.79 Å². The van der Waals surface area contributed by atoms with Gasteiger partial charge in [-0.15, -0.1) is 0 Å². The van der Waals surface area contributed by atoms with Gasteiger partial charge in [0.25, 0.3) is 5.56 Å². The molecule has 21 heavy (non-hydrogen) atoms. The predicted octanol–water partition coefficient (Wildman–Crippen LogP) is 2.61. The zero-order valence-electron chi connectivity index (χ0n) is 13.9. The summed E-state index contributed by atoms with van der Waals surface area (Å²) in [6.07, 6.45) is 4.57. The second-order valence-corrected chi connectivity index (χ2v) is 7.32. The van der Waals surface area contributed by atoms with Crippen LogP contribution in [0, 0.1) is 5.41 Å². The molecule has 0 saturated heterocycles. The van der Waals surface area contributed by atoms with Crippen molar-refractivity contribution in [3.05, 3.63) is 22.7 Å². The van der Waals surface area contributed by atoms with Crippen molar-refractivity contribution < 1.29 is 4.74 Å². The van der Waals surface area contributed by atoms with Gasteiger partial charge in [0.05, 0.1) is 6.10 Å². The van der Waals surface area contributed by atoms with E-state index in [1.807, 2.05) is 27.7 Å². The number of aromatic nitrogens is 2. The zero-order valence-corrected chi connectivity index (χ0v) is 13.9. The van der Waals surface area contributed by atoms with Gasteiger partial charge < -0.3 is 14.6 Å². The number of nitrogens with one attached hydrogen (secondary N) is 1. The predicted molar refractivity (Wildman–Crippen MR) is 84.7 cm³/mol. The summed E-state index contributed by atoms with van der Waals surface area (Å²) in [6, 6.07) is 0.213. The van der Waals surface area contributed by atoms with Crippen LogP contribution in [0.25, 0.3) is 0 Å². The number of rotatable bonds is 4. The summed E-state index contributed by atoms with van der Waals surface area (Å²) in [5, 5.41) is 3.31. The largest absolute Gasteiger partial charge is 0.378 e. The van der Waals surface area contributed by atoms with Crippen molar-refractivity contribution in [2.24, 2.45) is 5.41 Å². The van der Waals surface area contributed by atoms with Gasteiger partial charge >= 0.3 is 0 Å². The Balaban J connectivity index is 2.18. The molecule has 0 amide bonds. The standard InChI is InChI=1S/C16H27N3O2/c1-7-21-12-10-11(16(12,5)6)18-13-14(20)19(9-8-17-13)15(2,3)4/h8-9,11-12H,7,10H2,1-6H3,(H,17,18). The van der Waals surface area contributed by atoms with Crippen LogP contribution in [-0.2, 0) is 10.3 Å². The first kappa shape index (κ1) is 16.0. The Morgan fingerprint density at radius 1 is 1.48 bits per heavy atom. The van der Waals surface area contributed by atoms with Crippen LogP contribution in [0.15, 0.2) is 17.2 Å². The minimum atomic E-state index is -0.251. The molecule has 2 atom stereocenters. The number of ether oxygens (including phenoxy) is 1. The van der Waals surface area contributed by atoms with Gasteiger partial charge in [0.15, 0.2) is 5.82 Å². The number of nitrogens with zero attached hydrogens (tertiary/aromatic N) is 2. The molecular formula is C16H27N3O2. The van der Waals surface area contributed by atoms with Gasteiger partial charge in [-0.1, -0.05) is 13.8 Å². The third kappa shape index (κ3) is 2.98. The molecule has 1 saturated carbocycles. The Hall–Kier alpha value is -1.36. The normalized spacial score (nSPS) is 24.5. The average Bonchev–Trinajstić information content (AvgIpc) is 2.38. The molecule has 1 aromatic heterocycles. The SMILES string of the molecule is CCOC1CC(Nc2nccn(C(C)(C)C)c2=O)C1(C)C. The molecule has 5 heteroatoms. The van der Waals surface area contributed by atoms with Gasteiger partial charge in [0.1, 0.15) is 0 Å². The first-order chi connectivity index (χ1) is 9.67. The van der Waals surface area contributed by atoms with Crippen LogP contribution in [-0.4, -0.2) is 28.3 Å². The van der Waals surface area contributed by atoms with Crippen molar-refractivity contribution in [2.75, 3.05) is 11.9 Å². The summed E-state index contributed by atoms with van der Waals surface area (Å²) in [5.74, 6) is 0.431. The van der Waals surface area contributed by atoms with Crippen LogP contribution in [0.5, 0.6) is 0 Å². The summed E-state index contributed by atoms with van der Waals surface area (Å²) in [4.78, 5) is 16.7. The maximum atomic E-state index is 12.5. The summed E-state index contributed by atoms with van der Waals surface area (Å²) < 4.78 is 7.44. The molecule has 1 heterocycles. The summed E-state index contributed by atoms with van der Waals surface area (Å²) in [6.45, 7) is 13.1. The fourth-order valence-corrected chi connectivity index (χ4v) is 2.82. The Morgan fingerprint density at radius 2 is 2.14 bits per heavy atom. The molecule has 0 aliphatic heterocycles. The van der Waals surface area contributed by atoms with E-state index in [4.69, 9.17) is 4.74 Å². The Labute approximate surface area is 126 Å². The van der Waals surface area contributed by atoms with Crippen LogP contribution in [0.4, 0.5) is 5.82 Å². The highest BCUT2D eigenvalue weighted by molar-refractivity contribution is 5.35. The third-order valence-electron chi connectivity index (χ3n) is 4.42. The summed E-state index contributed by atoms with van der Waals surface area (Å²) >= 11 is 0. The van der Waals surface area contributed by atoms with E-state index >= 15 is 0 Å². The molecule has 0 spiro atoms. The van der Waals surface area contributed by atoms with E-state index in [-0.39, 0.29) is 28.7 Å². The molecule has 2 rings (SSSR count). The highest BCUT2D eigenvalue weighted by atomic mass is 16.5. The number of anilines is 1. The van der Waals surface area contributed by atoms with Gasteiger partial charge in [-0.2, -0.15) is 0 Å². The Morgan fingerprint density at radius 3 is 2.67 bits per heavy atom. The van der Waals surface area contributed by atoms with Crippen molar-refractivity contribution in [2.45, 2.75) is 65.6 Å². The highest BCUT2D eigenvalue weighted by Crippen LogP contribution is 2.43. The lowest BCUT2D eigenvalue weighted by Gasteiger charge is -2.51. The van der Waals surface area contributed by atoms with Gasteiger partial charge in [-0.05, 0) is 34.1 Å². The first-order valence-corrected chi connectivity index (χ1v) is 7.64. The van der Waals surface area contributed by atoms with Gasteiger partial charge in [0.2, 0.25) is 0 Å². The topological polar surface area (TPSA) is 56.1 Å². The van der Waals surface area contributed by atoms with Crippen molar-refractivity contribution >= 4 is 5.82 Å². The van der Waals surface area contributed by atoms with E-state index in [1.54, 1.807) is 17.0 Å². The molecular weight excluding hydrogens is 266 g/mol. The Kier molecular flexibility index (Phi) is 4.15. The van der Waals surface area contributed by atoms with E-state index in [0.717, 1.165) is 13.0 Å². The van der Waals surface area contributed by atoms with Crippen molar-refractivity contribution in [3.63, 3.8) is 0 Å². The monoisotopic (exact) mass is 293 g/mol. The second kappa shape index (κ2) is 5.44. The maximum Gasteiger partial charge on any atom is 0.293 e. The molecule has 1 aromatic rings. The first-order valence-electron chi connectivity index (χ1n) is 7.64. The molecule has 0 radical (unpaired) electrons. The second-order valence-electron chi connectivity index (χ2n) is 7.32. The molecule has 1 aliphatic carbocycles. The van der Waals surface area contributed by atoms with Crippen LogP contribution in [0.2, 0.25) is 0 Å². The van der Waals surface area contributed by atoms with E-state index in [0.29, 0.717) is 5.82 Å². The highest BCUT2D eigenvalue weighted by Gasteiger charge is 2.49. The summed E-state index contributed by atoms with van der Waals surface area (Å²) in [7, 11) is 0. The lowest BCUT2D eigenvalue weighted by atomic mass is 9.64. The molecule has 1 fully saturated rings. The summed E-state index contributed by atoms with van der Waals surface area (Å²) in [5.41, 5.74) is -0.313. The lowest BCUT2D eigenvalue weighted by molar-refractivity contribution is -0.0977. The molecule has 5 nitrogen and oxygen atoms in total. The average molecular weight is 293 g/mol. The minimum absolute atomic E-state index is 0.00648. The molecule has 1 aliphatic rings. The number of hydrogen-bond acceptors (Lipinski definition) is 4. The molecule has 0 bridgehead atoms. The fraction of sp³-hybridized carbons (Fsp3) is 0.750. The van der Waals surface area contributed by atoms with E-state index in [9.17, 15) is 4.79 Å². The van der Waals surface area contributed by atoms with E-state index in [1.165, 1.54) is 0 Å². The quantitative estimate of drug-likeness (QED) is 0.927. The van der Waals surface area contributed by atoms with E-state index < -0.39 is 0 Å². The van der Waals surface area contributed by atoms with Crippen LogP contribution in [0.1, 0.15) is 48.0 Å². The molecule has 0 aromatic carbocycles. The third-order valence-corrected chi connectivity index (χ3v) is 4.42. The minimum Gasteiger partial charge on any atom is -0.378 e. The van der Waals surface area contributed by atoms with Gasteiger partial charge in [0, 0.05) is 36.0 Å². The van der Waals surface area contributed by atoms with Gasteiger partial charge in [-0.25, -0.2) is 4.98 Å². The van der Waals surface area contributed by atoms with Crippen LogP contribution in [0.3, 0.4) is 0 Å². The van der Waals surface area contributed by atoms with Crippen LogP contribution < -0.4 is 10.9 Å².